The summed E-state index contributed by atoms with van der Waals surface area (Å²) < 4.78 is 14.7. The van der Waals surface area contributed by atoms with Gasteiger partial charge in [-0.1, -0.05) is 28.1 Å². The van der Waals surface area contributed by atoms with Gasteiger partial charge in [-0.3, -0.25) is 0 Å². The Kier molecular flexibility index (Phi) is 4.61. The fraction of sp³-hybridized carbons (Fsp3) is 0.294. The number of benzene rings is 2. The third-order valence-electron chi connectivity index (χ3n) is 3.70. The van der Waals surface area contributed by atoms with Crippen molar-refractivity contribution in [1.82, 2.24) is 5.32 Å². The van der Waals surface area contributed by atoms with Gasteiger partial charge in [-0.25, -0.2) is 4.39 Å². The molecule has 0 saturated heterocycles. The van der Waals surface area contributed by atoms with Gasteiger partial charge in [0, 0.05) is 4.47 Å². The Balaban J connectivity index is 2.58. The van der Waals surface area contributed by atoms with Gasteiger partial charge in [0.1, 0.15) is 5.82 Å². The van der Waals surface area contributed by atoms with Gasteiger partial charge in [-0.2, -0.15) is 0 Å². The molecule has 0 aliphatic heterocycles. The van der Waals surface area contributed by atoms with Crippen LogP contribution in [0.1, 0.15) is 33.9 Å². The standard InChI is InChI=1S/C17H19BrFN/c1-10-5-6-13(19)9-15(10)17(20-4)14-7-12(3)16(18)8-11(14)2/h5-9,17,20H,1-4H3. The second-order valence-electron chi connectivity index (χ2n) is 5.18. The molecule has 0 spiro atoms. The van der Waals surface area contributed by atoms with Crippen LogP contribution in [0.3, 0.4) is 0 Å². The summed E-state index contributed by atoms with van der Waals surface area (Å²) in [6, 6.07) is 9.22. The predicted molar refractivity (Wildman–Crippen MR) is 85.7 cm³/mol. The molecule has 0 aromatic heterocycles. The Morgan fingerprint density at radius 1 is 0.950 bits per heavy atom. The van der Waals surface area contributed by atoms with E-state index in [0.29, 0.717) is 0 Å². The van der Waals surface area contributed by atoms with Crippen molar-refractivity contribution in [3.05, 3.63) is 68.4 Å². The summed E-state index contributed by atoms with van der Waals surface area (Å²) in [7, 11) is 1.91. The number of rotatable bonds is 3. The zero-order chi connectivity index (χ0) is 14.9. The number of aryl methyl sites for hydroxylation is 3. The van der Waals surface area contributed by atoms with Gasteiger partial charge in [0.25, 0.3) is 0 Å². The Bertz CT molecular complexity index is 637. The van der Waals surface area contributed by atoms with E-state index in [9.17, 15) is 4.39 Å². The molecule has 0 saturated carbocycles. The Morgan fingerprint density at radius 2 is 1.60 bits per heavy atom. The monoisotopic (exact) mass is 335 g/mol. The minimum absolute atomic E-state index is 0.00231. The zero-order valence-electron chi connectivity index (χ0n) is 12.2. The van der Waals surface area contributed by atoms with Crippen molar-refractivity contribution >= 4 is 15.9 Å². The lowest BCUT2D eigenvalue weighted by Gasteiger charge is -2.22. The average Bonchev–Trinajstić information content (AvgIpc) is 2.40. The molecular weight excluding hydrogens is 317 g/mol. The van der Waals surface area contributed by atoms with Crippen LogP contribution in [0, 0.1) is 26.6 Å². The normalized spacial score (nSPS) is 12.5. The van der Waals surface area contributed by atoms with Gasteiger partial charge >= 0.3 is 0 Å². The molecule has 0 aliphatic carbocycles. The van der Waals surface area contributed by atoms with Gasteiger partial charge in [-0.15, -0.1) is 0 Å². The van der Waals surface area contributed by atoms with Crippen molar-refractivity contribution < 1.29 is 4.39 Å². The first-order chi connectivity index (χ1) is 9.43. The van der Waals surface area contributed by atoms with Crippen LogP contribution in [0.5, 0.6) is 0 Å². The molecule has 0 amide bonds. The van der Waals surface area contributed by atoms with Gasteiger partial charge < -0.3 is 5.32 Å². The van der Waals surface area contributed by atoms with Crippen LogP contribution in [0.15, 0.2) is 34.8 Å². The van der Waals surface area contributed by atoms with Crippen molar-refractivity contribution in [2.75, 3.05) is 7.05 Å². The molecule has 2 rings (SSSR count). The number of halogens is 2. The maximum absolute atomic E-state index is 13.6. The van der Waals surface area contributed by atoms with E-state index in [1.54, 1.807) is 6.07 Å². The first-order valence-electron chi connectivity index (χ1n) is 6.64. The molecule has 1 N–H and O–H groups in total. The second-order valence-corrected chi connectivity index (χ2v) is 6.03. The van der Waals surface area contributed by atoms with Crippen molar-refractivity contribution in [2.24, 2.45) is 0 Å². The summed E-state index contributed by atoms with van der Waals surface area (Å²) in [4.78, 5) is 0. The summed E-state index contributed by atoms with van der Waals surface area (Å²) >= 11 is 3.55. The smallest absolute Gasteiger partial charge is 0.123 e. The highest BCUT2D eigenvalue weighted by atomic mass is 79.9. The summed E-state index contributed by atoms with van der Waals surface area (Å²) in [5.74, 6) is -0.197. The molecule has 3 heteroatoms. The van der Waals surface area contributed by atoms with Crippen molar-refractivity contribution in [2.45, 2.75) is 26.8 Å². The van der Waals surface area contributed by atoms with E-state index in [4.69, 9.17) is 0 Å². The van der Waals surface area contributed by atoms with Crippen LogP contribution in [-0.4, -0.2) is 7.05 Å². The number of hydrogen-bond acceptors (Lipinski definition) is 1. The molecule has 0 radical (unpaired) electrons. The van der Waals surface area contributed by atoms with E-state index in [-0.39, 0.29) is 11.9 Å². The summed E-state index contributed by atoms with van der Waals surface area (Å²) in [6.45, 7) is 6.16. The Hall–Kier alpha value is -1.19. The Morgan fingerprint density at radius 3 is 2.25 bits per heavy atom. The second kappa shape index (κ2) is 6.06. The zero-order valence-corrected chi connectivity index (χ0v) is 13.8. The molecule has 0 bridgehead atoms. The lowest BCUT2D eigenvalue weighted by molar-refractivity contribution is 0.614. The summed E-state index contributed by atoms with van der Waals surface area (Å²) in [5.41, 5.74) is 5.62. The number of nitrogens with one attached hydrogen (secondary N) is 1. The molecule has 0 heterocycles. The highest BCUT2D eigenvalue weighted by molar-refractivity contribution is 9.10. The predicted octanol–water partition coefficient (Wildman–Crippen LogP) is 4.82. The van der Waals surface area contributed by atoms with Crippen molar-refractivity contribution in [3.8, 4) is 0 Å². The van der Waals surface area contributed by atoms with E-state index in [2.05, 4.69) is 47.2 Å². The van der Waals surface area contributed by atoms with Gasteiger partial charge in [0.05, 0.1) is 6.04 Å². The SMILES string of the molecule is CNC(c1cc(F)ccc1C)c1cc(C)c(Br)cc1C. The third-order valence-corrected chi connectivity index (χ3v) is 4.55. The molecular formula is C17H19BrFN. The lowest BCUT2D eigenvalue weighted by Crippen LogP contribution is -2.20. The van der Waals surface area contributed by atoms with Gasteiger partial charge in [-0.05, 0) is 73.8 Å². The van der Waals surface area contributed by atoms with Crippen molar-refractivity contribution in [1.29, 1.82) is 0 Å². The minimum atomic E-state index is -0.197. The van der Waals surface area contributed by atoms with Gasteiger partial charge in [0.15, 0.2) is 0 Å². The topological polar surface area (TPSA) is 12.0 Å². The molecule has 1 atom stereocenters. The maximum atomic E-state index is 13.6. The lowest BCUT2D eigenvalue weighted by atomic mass is 9.91. The van der Waals surface area contributed by atoms with E-state index < -0.39 is 0 Å². The fourth-order valence-electron chi connectivity index (χ4n) is 2.52. The number of hydrogen-bond donors (Lipinski definition) is 1. The van der Waals surface area contributed by atoms with Crippen LogP contribution in [-0.2, 0) is 0 Å². The molecule has 20 heavy (non-hydrogen) atoms. The van der Waals surface area contributed by atoms with Crippen LogP contribution in [0.25, 0.3) is 0 Å². The van der Waals surface area contributed by atoms with E-state index in [1.807, 2.05) is 20.0 Å². The fourth-order valence-corrected chi connectivity index (χ4v) is 2.97. The molecule has 2 aromatic carbocycles. The average molecular weight is 336 g/mol. The molecule has 0 fully saturated rings. The highest BCUT2D eigenvalue weighted by Crippen LogP contribution is 2.31. The largest absolute Gasteiger partial charge is 0.309 e. The van der Waals surface area contributed by atoms with Crippen LogP contribution in [0.2, 0.25) is 0 Å². The highest BCUT2D eigenvalue weighted by Gasteiger charge is 2.18. The third kappa shape index (κ3) is 2.94. The van der Waals surface area contributed by atoms with Gasteiger partial charge in [0.2, 0.25) is 0 Å². The van der Waals surface area contributed by atoms with E-state index >= 15 is 0 Å². The van der Waals surface area contributed by atoms with E-state index in [1.165, 1.54) is 22.8 Å². The van der Waals surface area contributed by atoms with Crippen LogP contribution < -0.4 is 5.32 Å². The van der Waals surface area contributed by atoms with Crippen LogP contribution >= 0.6 is 15.9 Å². The summed E-state index contributed by atoms with van der Waals surface area (Å²) in [5, 5.41) is 3.31. The minimum Gasteiger partial charge on any atom is -0.309 e. The molecule has 1 nitrogen and oxygen atoms in total. The quantitative estimate of drug-likeness (QED) is 0.847. The van der Waals surface area contributed by atoms with E-state index in [0.717, 1.165) is 15.6 Å². The molecule has 2 aromatic rings. The summed E-state index contributed by atoms with van der Waals surface area (Å²) in [6.07, 6.45) is 0. The van der Waals surface area contributed by atoms with Crippen molar-refractivity contribution in [3.63, 3.8) is 0 Å². The molecule has 0 aliphatic rings. The molecule has 1 unspecified atom stereocenters. The Labute approximate surface area is 128 Å². The first kappa shape index (κ1) is 15.2. The molecule has 106 valence electrons. The maximum Gasteiger partial charge on any atom is 0.123 e. The van der Waals surface area contributed by atoms with Crippen LogP contribution in [0.4, 0.5) is 4.39 Å². The first-order valence-corrected chi connectivity index (χ1v) is 7.43.